The van der Waals surface area contributed by atoms with Crippen molar-refractivity contribution in [2.45, 2.75) is 13.3 Å². The molecule has 0 aliphatic heterocycles. The quantitative estimate of drug-likeness (QED) is 0.876. The molecule has 0 fully saturated rings. The first-order valence-electron chi connectivity index (χ1n) is 5.34. The summed E-state index contributed by atoms with van der Waals surface area (Å²) in [4.78, 5) is 0. The Morgan fingerprint density at radius 1 is 1.24 bits per heavy atom. The molecule has 1 aromatic carbocycles. The molecule has 0 atom stereocenters. The van der Waals surface area contributed by atoms with Crippen LogP contribution >= 0.6 is 23.2 Å². The van der Waals surface area contributed by atoms with Crippen molar-refractivity contribution in [1.82, 2.24) is 0 Å². The Kier molecular flexibility index (Phi) is 5.56. The molecule has 1 aromatic rings. The lowest BCUT2D eigenvalue weighted by Crippen LogP contribution is -2.18. The van der Waals surface area contributed by atoms with Crippen LogP contribution in [0.4, 0.5) is 5.69 Å². The van der Waals surface area contributed by atoms with E-state index < -0.39 is 9.84 Å². The highest BCUT2D eigenvalue weighted by Gasteiger charge is 2.09. The van der Waals surface area contributed by atoms with Gasteiger partial charge >= 0.3 is 0 Å². The van der Waals surface area contributed by atoms with E-state index in [9.17, 15) is 8.42 Å². The summed E-state index contributed by atoms with van der Waals surface area (Å²) in [5, 5.41) is 3.84. The van der Waals surface area contributed by atoms with Crippen LogP contribution in [-0.4, -0.2) is 26.5 Å². The highest BCUT2D eigenvalue weighted by molar-refractivity contribution is 7.91. The predicted molar refractivity (Wildman–Crippen MR) is 73.9 cm³/mol. The maximum atomic E-state index is 11.5. The van der Waals surface area contributed by atoms with E-state index in [0.29, 0.717) is 28.7 Å². The van der Waals surface area contributed by atoms with Gasteiger partial charge in [-0.15, -0.1) is 0 Å². The van der Waals surface area contributed by atoms with Gasteiger partial charge in [-0.05, 0) is 18.6 Å². The second kappa shape index (κ2) is 6.47. The third-order valence-corrected chi connectivity index (χ3v) is 4.87. The molecule has 0 saturated carbocycles. The molecule has 6 heteroatoms. The van der Waals surface area contributed by atoms with Crippen molar-refractivity contribution >= 4 is 38.7 Å². The molecule has 96 valence electrons. The van der Waals surface area contributed by atoms with Gasteiger partial charge in [0.1, 0.15) is 0 Å². The molecule has 0 spiro atoms. The molecular weight excluding hydrogens is 281 g/mol. The third kappa shape index (κ3) is 4.74. The van der Waals surface area contributed by atoms with Gasteiger partial charge in [0.15, 0.2) is 9.84 Å². The van der Waals surface area contributed by atoms with E-state index in [0.717, 1.165) is 0 Å². The highest BCUT2D eigenvalue weighted by Crippen LogP contribution is 2.29. The van der Waals surface area contributed by atoms with E-state index in [-0.39, 0.29) is 11.5 Å². The minimum atomic E-state index is -2.96. The number of nitrogens with one attached hydrogen (secondary N) is 1. The molecule has 3 nitrogen and oxygen atoms in total. The molecule has 1 rings (SSSR count). The van der Waals surface area contributed by atoms with Gasteiger partial charge in [0, 0.05) is 12.3 Å². The summed E-state index contributed by atoms with van der Waals surface area (Å²) in [5.74, 6) is 0.321. The fraction of sp³-hybridized carbons (Fsp3) is 0.455. The van der Waals surface area contributed by atoms with Crippen molar-refractivity contribution in [3.05, 3.63) is 28.2 Å². The standard InChI is InChI=1S/C11H15Cl2NO2S/c1-2-7-17(15,16)8-6-14-10-5-3-4-9(12)11(10)13/h3-5,14H,2,6-8H2,1H3. The summed E-state index contributed by atoms with van der Waals surface area (Å²) in [6.45, 7) is 2.18. The SMILES string of the molecule is CCCS(=O)(=O)CCNc1cccc(Cl)c1Cl. The number of halogens is 2. The van der Waals surface area contributed by atoms with E-state index in [1.165, 1.54) is 0 Å². The fourth-order valence-electron chi connectivity index (χ4n) is 1.39. The Morgan fingerprint density at radius 3 is 2.59 bits per heavy atom. The molecule has 1 N–H and O–H groups in total. The van der Waals surface area contributed by atoms with Crippen LogP contribution in [0.25, 0.3) is 0 Å². The molecule has 0 amide bonds. The summed E-state index contributed by atoms with van der Waals surface area (Å²) in [7, 11) is -2.96. The van der Waals surface area contributed by atoms with Crippen LogP contribution in [0, 0.1) is 0 Å². The van der Waals surface area contributed by atoms with E-state index >= 15 is 0 Å². The minimum absolute atomic E-state index is 0.101. The molecular formula is C11H15Cl2NO2S. The van der Waals surface area contributed by atoms with Crippen molar-refractivity contribution in [3.63, 3.8) is 0 Å². The van der Waals surface area contributed by atoms with Crippen LogP contribution in [0.5, 0.6) is 0 Å². The third-order valence-electron chi connectivity index (χ3n) is 2.20. The van der Waals surface area contributed by atoms with Gasteiger partial charge in [-0.1, -0.05) is 36.2 Å². The van der Waals surface area contributed by atoms with Gasteiger partial charge in [0.2, 0.25) is 0 Å². The van der Waals surface area contributed by atoms with Crippen LogP contribution in [-0.2, 0) is 9.84 Å². The second-order valence-electron chi connectivity index (χ2n) is 3.68. The summed E-state index contributed by atoms with van der Waals surface area (Å²) in [6, 6.07) is 5.21. The maximum absolute atomic E-state index is 11.5. The smallest absolute Gasteiger partial charge is 0.152 e. The molecule has 0 bridgehead atoms. The van der Waals surface area contributed by atoms with Crippen LogP contribution in [0.3, 0.4) is 0 Å². The fourth-order valence-corrected chi connectivity index (χ4v) is 3.00. The van der Waals surface area contributed by atoms with Crippen LogP contribution in [0.2, 0.25) is 10.0 Å². The van der Waals surface area contributed by atoms with Crippen molar-refractivity contribution in [3.8, 4) is 0 Å². The van der Waals surface area contributed by atoms with Crippen molar-refractivity contribution < 1.29 is 8.42 Å². The van der Waals surface area contributed by atoms with Crippen molar-refractivity contribution in [2.75, 3.05) is 23.4 Å². The zero-order valence-corrected chi connectivity index (χ0v) is 11.9. The zero-order valence-electron chi connectivity index (χ0n) is 9.54. The van der Waals surface area contributed by atoms with E-state index in [2.05, 4.69) is 5.32 Å². The Labute approximate surface area is 112 Å². The Balaban J connectivity index is 2.55. The van der Waals surface area contributed by atoms with Gasteiger partial charge < -0.3 is 5.32 Å². The van der Waals surface area contributed by atoms with E-state index in [1.54, 1.807) is 18.2 Å². The summed E-state index contributed by atoms with van der Waals surface area (Å²) >= 11 is 11.8. The molecule has 0 saturated heterocycles. The summed E-state index contributed by atoms with van der Waals surface area (Å²) < 4.78 is 22.9. The molecule has 0 heterocycles. The first-order valence-corrected chi connectivity index (χ1v) is 7.92. The minimum Gasteiger partial charge on any atom is -0.383 e. The topological polar surface area (TPSA) is 46.2 Å². The largest absolute Gasteiger partial charge is 0.383 e. The average molecular weight is 296 g/mol. The first kappa shape index (κ1) is 14.6. The summed E-state index contributed by atoms with van der Waals surface area (Å²) in [5.41, 5.74) is 0.658. The molecule has 0 radical (unpaired) electrons. The lowest BCUT2D eigenvalue weighted by Gasteiger charge is -2.09. The average Bonchev–Trinajstić information content (AvgIpc) is 2.24. The van der Waals surface area contributed by atoms with Crippen LogP contribution in [0.15, 0.2) is 18.2 Å². The number of hydrogen-bond donors (Lipinski definition) is 1. The van der Waals surface area contributed by atoms with Gasteiger partial charge in [-0.25, -0.2) is 8.42 Å². The zero-order chi connectivity index (χ0) is 12.9. The number of sulfone groups is 1. The molecule has 0 aliphatic rings. The molecule has 0 aliphatic carbocycles. The van der Waals surface area contributed by atoms with Gasteiger partial charge in [-0.2, -0.15) is 0 Å². The van der Waals surface area contributed by atoms with Gasteiger partial charge in [-0.3, -0.25) is 0 Å². The Bertz CT molecular complexity index is 474. The van der Waals surface area contributed by atoms with Crippen molar-refractivity contribution in [2.24, 2.45) is 0 Å². The van der Waals surface area contributed by atoms with Crippen LogP contribution in [0.1, 0.15) is 13.3 Å². The van der Waals surface area contributed by atoms with Gasteiger partial charge in [0.05, 0.1) is 21.5 Å². The molecule has 0 aromatic heterocycles. The number of anilines is 1. The highest BCUT2D eigenvalue weighted by atomic mass is 35.5. The van der Waals surface area contributed by atoms with Crippen molar-refractivity contribution in [1.29, 1.82) is 0 Å². The van der Waals surface area contributed by atoms with E-state index in [4.69, 9.17) is 23.2 Å². The first-order chi connectivity index (χ1) is 7.96. The number of rotatable bonds is 6. The Hall–Kier alpha value is -0.450. The molecule has 17 heavy (non-hydrogen) atoms. The number of hydrogen-bond acceptors (Lipinski definition) is 3. The van der Waals surface area contributed by atoms with Crippen LogP contribution < -0.4 is 5.32 Å². The lowest BCUT2D eigenvalue weighted by molar-refractivity contribution is 0.595. The predicted octanol–water partition coefficient (Wildman–Crippen LogP) is 3.23. The normalized spacial score (nSPS) is 11.5. The Morgan fingerprint density at radius 2 is 1.94 bits per heavy atom. The monoisotopic (exact) mass is 295 g/mol. The lowest BCUT2D eigenvalue weighted by atomic mass is 10.3. The maximum Gasteiger partial charge on any atom is 0.152 e. The van der Waals surface area contributed by atoms with E-state index in [1.807, 2.05) is 6.92 Å². The van der Waals surface area contributed by atoms with Gasteiger partial charge in [0.25, 0.3) is 0 Å². The second-order valence-corrected chi connectivity index (χ2v) is 6.77. The number of benzene rings is 1. The summed E-state index contributed by atoms with van der Waals surface area (Å²) in [6.07, 6.45) is 0.639. The molecule has 0 unspecified atom stereocenters.